The summed E-state index contributed by atoms with van der Waals surface area (Å²) < 4.78 is 67.5. The Kier molecular flexibility index (Phi) is 6.53. The molecule has 1 fully saturated rings. The number of nitrogens with one attached hydrogen (secondary N) is 1. The second-order valence-corrected chi connectivity index (χ2v) is 9.01. The van der Waals surface area contributed by atoms with Crippen LogP contribution in [0.4, 0.5) is 19.0 Å². The largest absolute Gasteiger partial charge is 0.573 e. The van der Waals surface area contributed by atoms with Gasteiger partial charge >= 0.3 is 6.36 Å². The predicted molar refractivity (Wildman–Crippen MR) is 106 cm³/mol. The molecule has 2 aromatic rings. The molecule has 3 rings (SSSR count). The number of alkyl halides is 3. The first-order valence-corrected chi connectivity index (χ1v) is 10.8. The van der Waals surface area contributed by atoms with Gasteiger partial charge in [0.1, 0.15) is 16.5 Å². The Morgan fingerprint density at radius 3 is 2.23 bits per heavy atom. The molecule has 0 aliphatic carbocycles. The van der Waals surface area contributed by atoms with Gasteiger partial charge in [0.05, 0.1) is 0 Å². The van der Waals surface area contributed by atoms with Crippen LogP contribution in [0.2, 0.25) is 0 Å². The summed E-state index contributed by atoms with van der Waals surface area (Å²) in [4.78, 5) is 6.38. The third-order valence-electron chi connectivity index (χ3n) is 4.81. The average molecular weight is 444 g/mol. The number of sulfonamides is 1. The predicted octanol–water partition coefficient (Wildman–Crippen LogP) is 3.09. The monoisotopic (exact) mass is 444 g/mol. The maximum absolute atomic E-state index is 12.7. The average Bonchev–Trinajstić information content (AvgIpc) is 2.68. The zero-order valence-corrected chi connectivity index (χ0v) is 17.4. The molecular weight excluding hydrogens is 421 g/mol. The van der Waals surface area contributed by atoms with E-state index in [0.717, 1.165) is 5.56 Å². The van der Waals surface area contributed by atoms with Crippen molar-refractivity contribution in [3.05, 3.63) is 48.2 Å². The SMILES string of the molecule is C[C@H](Nc1ccc(S(=O)(=O)N2CCN(C)CC2)cn1)c1ccc(OC(F)(F)F)cc1. The number of hydrogen-bond donors (Lipinski definition) is 1. The number of benzene rings is 1. The van der Waals surface area contributed by atoms with Gasteiger partial charge in [0.15, 0.2) is 0 Å². The number of ether oxygens (including phenoxy) is 1. The number of pyridine rings is 1. The van der Waals surface area contributed by atoms with E-state index in [1.807, 2.05) is 14.0 Å². The third kappa shape index (κ3) is 5.61. The number of halogens is 3. The summed E-state index contributed by atoms with van der Waals surface area (Å²) in [6.07, 6.45) is -3.43. The van der Waals surface area contributed by atoms with Crippen molar-refractivity contribution >= 4 is 15.8 Å². The van der Waals surface area contributed by atoms with Crippen molar-refractivity contribution in [3.8, 4) is 5.75 Å². The van der Waals surface area contributed by atoms with Gasteiger partial charge in [0, 0.05) is 38.4 Å². The Morgan fingerprint density at radius 2 is 1.70 bits per heavy atom. The van der Waals surface area contributed by atoms with Crippen LogP contribution in [0.25, 0.3) is 0 Å². The van der Waals surface area contributed by atoms with Crippen molar-refractivity contribution in [2.45, 2.75) is 24.2 Å². The summed E-state index contributed by atoms with van der Waals surface area (Å²) in [5.74, 6) is 0.158. The molecule has 1 saturated heterocycles. The molecule has 1 aromatic heterocycles. The molecule has 0 spiro atoms. The van der Waals surface area contributed by atoms with Gasteiger partial charge in [-0.2, -0.15) is 4.31 Å². The Balaban J connectivity index is 1.64. The summed E-state index contributed by atoms with van der Waals surface area (Å²) in [5, 5.41) is 3.10. The fourth-order valence-corrected chi connectivity index (χ4v) is 4.43. The molecule has 30 heavy (non-hydrogen) atoms. The van der Waals surface area contributed by atoms with Crippen LogP contribution in [0.3, 0.4) is 0 Å². The fraction of sp³-hybridized carbons (Fsp3) is 0.421. The maximum Gasteiger partial charge on any atom is 0.573 e. The van der Waals surface area contributed by atoms with Crippen LogP contribution in [0.15, 0.2) is 47.5 Å². The zero-order chi connectivity index (χ0) is 21.9. The zero-order valence-electron chi connectivity index (χ0n) is 16.6. The quantitative estimate of drug-likeness (QED) is 0.738. The van der Waals surface area contributed by atoms with Gasteiger partial charge in [-0.3, -0.25) is 0 Å². The van der Waals surface area contributed by atoms with Crippen molar-refractivity contribution < 1.29 is 26.3 Å². The number of hydrogen-bond acceptors (Lipinski definition) is 6. The van der Waals surface area contributed by atoms with Gasteiger partial charge in [0.25, 0.3) is 0 Å². The molecule has 2 heterocycles. The first kappa shape index (κ1) is 22.3. The van der Waals surface area contributed by atoms with Crippen LogP contribution < -0.4 is 10.1 Å². The highest BCUT2D eigenvalue weighted by Crippen LogP contribution is 2.26. The van der Waals surface area contributed by atoms with E-state index in [2.05, 4.69) is 19.9 Å². The molecule has 0 radical (unpaired) electrons. The smallest absolute Gasteiger partial charge is 0.406 e. The Morgan fingerprint density at radius 1 is 1.07 bits per heavy atom. The van der Waals surface area contributed by atoms with Crippen LogP contribution in [0, 0.1) is 0 Å². The van der Waals surface area contributed by atoms with Crippen LogP contribution in [0.5, 0.6) is 5.75 Å². The second kappa shape index (κ2) is 8.78. The standard InChI is InChI=1S/C19H23F3N4O3S/c1-14(15-3-5-16(6-4-15)29-19(20,21)22)24-18-8-7-17(13-23-18)30(27,28)26-11-9-25(2)10-12-26/h3-8,13-14H,9-12H2,1-2H3,(H,23,24)/t14-/m0/s1. The number of piperazine rings is 1. The molecule has 1 aromatic carbocycles. The summed E-state index contributed by atoms with van der Waals surface area (Å²) in [7, 11) is -1.64. The van der Waals surface area contributed by atoms with Gasteiger partial charge in [-0.25, -0.2) is 13.4 Å². The lowest BCUT2D eigenvalue weighted by atomic mass is 10.1. The second-order valence-electron chi connectivity index (χ2n) is 7.07. The van der Waals surface area contributed by atoms with Crippen molar-refractivity contribution in [2.24, 2.45) is 0 Å². The van der Waals surface area contributed by atoms with E-state index < -0.39 is 16.4 Å². The lowest BCUT2D eigenvalue weighted by Gasteiger charge is -2.31. The lowest BCUT2D eigenvalue weighted by molar-refractivity contribution is -0.274. The molecule has 0 saturated carbocycles. The molecule has 164 valence electrons. The molecule has 1 aliphatic rings. The lowest BCUT2D eigenvalue weighted by Crippen LogP contribution is -2.47. The van der Waals surface area contributed by atoms with Gasteiger partial charge in [-0.05, 0) is 43.8 Å². The van der Waals surface area contributed by atoms with Crippen molar-refractivity contribution in [1.82, 2.24) is 14.2 Å². The van der Waals surface area contributed by atoms with Gasteiger partial charge in [-0.15, -0.1) is 13.2 Å². The molecule has 1 N–H and O–H groups in total. The molecule has 1 aliphatic heterocycles. The van der Waals surface area contributed by atoms with Crippen LogP contribution in [-0.2, 0) is 10.0 Å². The van der Waals surface area contributed by atoms with Crippen LogP contribution in [0.1, 0.15) is 18.5 Å². The van der Waals surface area contributed by atoms with E-state index in [-0.39, 0.29) is 16.7 Å². The first-order chi connectivity index (χ1) is 14.0. The maximum atomic E-state index is 12.7. The van der Waals surface area contributed by atoms with Crippen LogP contribution >= 0.6 is 0 Å². The Hall–Kier alpha value is -2.37. The first-order valence-electron chi connectivity index (χ1n) is 9.31. The number of nitrogens with zero attached hydrogens (tertiary/aromatic N) is 3. The van der Waals surface area contributed by atoms with Crippen molar-refractivity contribution in [3.63, 3.8) is 0 Å². The molecule has 0 amide bonds. The van der Waals surface area contributed by atoms with E-state index in [1.165, 1.54) is 40.8 Å². The van der Waals surface area contributed by atoms with Gasteiger partial charge in [-0.1, -0.05) is 12.1 Å². The summed E-state index contributed by atoms with van der Waals surface area (Å²) >= 11 is 0. The minimum atomic E-state index is -4.73. The highest BCUT2D eigenvalue weighted by molar-refractivity contribution is 7.89. The van der Waals surface area contributed by atoms with E-state index in [1.54, 1.807) is 6.07 Å². The highest BCUT2D eigenvalue weighted by atomic mass is 32.2. The van der Waals surface area contributed by atoms with Crippen molar-refractivity contribution in [1.29, 1.82) is 0 Å². The van der Waals surface area contributed by atoms with E-state index in [9.17, 15) is 21.6 Å². The molecule has 11 heteroatoms. The third-order valence-corrected chi connectivity index (χ3v) is 6.70. The van der Waals surface area contributed by atoms with Crippen LogP contribution in [-0.4, -0.2) is 62.2 Å². The van der Waals surface area contributed by atoms with E-state index >= 15 is 0 Å². The van der Waals surface area contributed by atoms with E-state index in [0.29, 0.717) is 32.0 Å². The van der Waals surface area contributed by atoms with Crippen molar-refractivity contribution in [2.75, 3.05) is 38.5 Å². The number of likely N-dealkylation sites (N-methyl/N-ethyl adjacent to an activating group) is 1. The Labute approximate surface area is 173 Å². The molecule has 0 bridgehead atoms. The highest BCUT2D eigenvalue weighted by Gasteiger charge is 2.31. The number of rotatable bonds is 6. The molecule has 7 nitrogen and oxygen atoms in total. The van der Waals surface area contributed by atoms with Gasteiger partial charge < -0.3 is 15.0 Å². The normalized spacial score (nSPS) is 17.5. The number of anilines is 1. The Bertz CT molecular complexity index is 942. The number of aromatic nitrogens is 1. The topological polar surface area (TPSA) is 74.8 Å². The summed E-state index contributed by atoms with van der Waals surface area (Å²) in [6.45, 7) is 4.04. The summed E-state index contributed by atoms with van der Waals surface area (Å²) in [6, 6.07) is 8.31. The minimum Gasteiger partial charge on any atom is -0.406 e. The molecule has 0 unspecified atom stereocenters. The van der Waals surface area contributed by atoms with E-state index in [4.69, 9.17) is 0 Å². The summed E-state index contributed by atoms with van der Waals surface area (Å²) in [5.41, 5.74) is 0.723. The fourth-order valence-electron chi connectivity index (χ4n) is 3.06. The molecule has 1 atom stereocenters. The van der Waals surface area contributed by atoms with Gasteiger partial charge in [0.2, 0.25) is 10.0 Å². The minimum absolute atomic E-state index is 0.124. The molecular formula is C19H23F3N4O3S.